The first-order valence-corrected chi connectivity index (χ1v) is 13.4. The van der Waals surface area contributed by atoms with Gasteiger partial charge >= 0.3 is 6.18 Å². The van der Waals surface area contributed by atoms with Crippen LogP contribution >= 0.6 is 11.6 Å². The number of carbonyl (C=O) groups is 1. The van der Waals surface area contributed by atoms with Crippen molar-refractivity contribution in [2.45, 2.75) is 71.5 Å². The minimum Gasteiger partial charge on any atom is -0.496 e. The summed E-state index contributed by atoms with van der Waals surface area (Å²) in [6.07, 6.45) is 2.53. The van der Waals surface area contributed by atoms with Crippen molar-refractivity contribution >= 4 is 23.3 Å². The molecule has 204 valence electrons. The Kier molecular flexibility index (Phi) is 8.26. The van der Waals surface area contributed by atoms with Gasteiger partial charge in [-0.2, -0.15) is 18.3 Å². The van der Waals surface area contributed by atoms with E-state index in [1.54, 1.807) is 10.7 Å². The largest absolute Gasteiger partial charge is 0.496 e. The number of amides is 1. The number of aromatic nitrogens is 3. The molecule has 7 nitrogen and oxygen atoms in total. The van der Waals surface area contributed by atoms with Gasteiger partial charge in [0.05, 0.1) is 28.8 Å². The molecule has 37 heavy (non-hydrogen) atoms. The molecule has 0 radical (unpaired) electrons. The van der Waals surface area contributed by atoms with Gasteiger partial charge in [0, 0.05) is 31.9 Å². The maximum absolute atomic E-state index is 13.5. The van der Waals surface area contributed by atoms with Crippen LogP contribution in [-0.4, -0.2) is 47.0 Å². The van der Waals surface area contributed by atoms with Crippen molar-refractivity contribution in [1.82, 2.24) is 20.1 Å². The Balaban J connectivity index is 1.51. The van der Waals surface area contributed by atoms with Gasteiger partial charge in [0.15, 0.2) is 5.69 Å². The number of hydrogen-bond donors (Lipinski definition) is 2. The summed E-state index contributed by atoms with van der Waals surface area (Å²) < 4.78 is 47.7. The highest BCUT2D eigenvalue weighted by Crippen LogP contribution is 2.53. The number of carbonyl (C=O) groups excluding carboxylic acids is 1. The van der Waals surface area contributed by atoms with Gasteiger partial charge in [0.1, 0.15) is 11.6 Å². The highest BCUT2D eigenvalue weighted by Gasteiger charge is 2.57. The average Bonchev–Trinajstić information content (AvgIpc) is 3.17. The summed E-state index contributed by atoms with van der Waals surface area (Å²) in [5.74, 6) is 1.49. The minimum absolute atomic E-state index is 0.106. The first-order valence-electron chi connectivity index (χ1n) is 13.0. The predicted molar refractivity (Wildman–Crippen MR) is 137 cm³/mol. The van der Waals surface area contributed by atoms with Crippen LogP contribution in [0, 0.1) is 17.3 Å². The van der Waals surface area contributed by atoms with E-state index >= 15 is 0 Å². The second-order valence-corrected chi connectivity index (χ2v) is 10.8. The Morgan fingerprint density at radius 3 is 2.54 bits per heavy atom. The SMILES string of the molecule is CCn1nc(C(=O)NC[C@H]2CC[C@H](C)CC2)c(Cl)c1-c1cnc(NCC2(C(F)(F)F)CCC2)cc1OC. The van der Waals surface area contributed by atoms with Crippen LogP contribution < -0.4 is 15.4 Å². The molecule has 2 aliphatic carbocycles. The topological polar surface area (TPSA) is 81.1 Å². The Labute approximate surface area is 220 Å². The van der Waals surface area contributed by atoms with Gasteiger partial charge in [-0.15, -0.1) is 0 Å². The molecule has 2 N–H and O–H groups in total. The molecular weight excluding hydrogens is 507 g/mol. The first kappa shape index (κ1) is 27.5. The molecule has 0 saturated heterocycles. The number of anilines is 1. The van der Waals surface area contributed by atoms with Crippen molar-refractivity contribution in [2.24, 2.45) is 17.3 Å². The molecule has 0 atom stereocenters. The zero-order chi connectivity index (χ0) is 26.8. The molecule has 2 aliphatic rings. The summed E-state index contributed by atoms with van der Waals surface area (Å²) in [5.41, 5.74) is -0.614. The second kappa shape index (κ2) is 11.1. The summed E-state index contributed by atoms with van der Waals surface area (Å²) in [5, 5.41) is 10.4. The van der Waals surface area contributed by atoms with E-state index in [1.807, 2.05) is 6.92 Å². The summed E-state index contributed by atoms with van der Waals surface area (Å²) in [4.78, 5) is 17.3. The molecule has 2 heterocycles. The van der Waals surface area contributed by atoms with Crippen molar-refractivity contribution < 1.29 is 22.7 Å². The molecule has 1 amide bonds. The quantitative estimate of drug-likeness (QED) is 0.388. The third-order valence-corrected chi connectivity index (χ3v) is 8.31. The Hall–Kier alpha value is -2.49. The number of halogens is 4. The van der Waals surface area contributed by atoms with Crippen LogP contribution in [0.1, 0.15) is 69.3 Å². The number of hydrogen-bond acceptors (Lipinski definition) is 5. The van der Waals surface area contributed by atoms with E-state index in [4.69, 9.17) is 16.3 Å². The van der Waals surface area contributed by atoms with Crippen LogP contribution in [0.3, 0.4) is 0 Å². The maximum Gasteiger partial charge on any atom is 0.396 e. The van der Waals surface area contributed by atoms with E-state index in [-0.39, 0.29) is 41.8 Å². The highest BCUT2D eigenvalue weighted by molar-refractivity contribution is 6.36. The lowest BCUT2D eigenvalue weighted by atomic mass is 9.68. The molecule has 0 aromatic carbocycles. The van der Waals surface area contributed by atoms with Crippen molar-refractivity contribution in [3.05, 3.63) is 23.0 Å². The van der Waals surface area contributed by atoms with Gasteiger partial charge < -0.3 is 15.4 Å². The van der Waals surface area contributed by atoms with Gasteiger partial charge in [0.2, 0.25) is 0 Å². The number of nitrogens with one attached hydrogen (secondary N) is 2. The van der Waals surface area contributed by atoms with E-state index < -0.39 is 11.6 Å². The summed E-state index contributed by atoms with van der Waals surface area (Å²) in [6.45, 7) is 4.92. The Bertz CT molecular complexity index is 1110. The summed E-state index contributed by atoms with van der Waals surface area (Å²) in [7, 11) is 1.46. The molecule has 0 spiro atoms. The van der Waals surface area contributed by atoms with E-state index in [9.17, 15) is 18.0 Å². The monoisotopic (exact) mass is 541 g/mol. The first-order chi connectivity index (χ1) is 17.6. The van der Waals surface area contributed by atoms with Gasteiger partial charge in [-0.1, -0.05) is 37.8 Å². The molecule has 2 aromatic rings. The predicted octanol–water partition coefficient (Wildman–Crippen LogP) is 6.33. The number of pyridine rings is 1. The molecule has 0 aliphatic heterocycles. The molecular formula is C26H35ClF3N5O2. The fourth-order valence-electron chi connectivity index (χ4n) is 5.23. The lowest BCUT2D eigenvalue weighted by Crippen LogP contribution is -2.48. The molecule has 2 saturated carbocycles. The van der Waals surface area contributed by atoms with Gasteiger partial charge in [-0.25, -0.2) is 4.98 Å². The minimum atomic E-state index is -4.27. The molecule has 2 aromatic heterocycles. The van der Waals surface area contributed by atoms with E-state index in [0.29, 0.717) is 42.4 Å². The molecule has 2 fully saturated rings. The fourth-order valence-corrected chi connectivity index (χ4v) is 5.55. The standard InChI is InChI=1S/C26H35ClF3N5O2/c1-4-35-23(21(27)22(34-35)24(36)32-13-17-8-6-16(2)7-9-17)18-14-31-20(12-19(18)37-3)33-15-25(10-5-11-25)26(28,29)30/h12,14,16-17H,4-11,13,15H2,1-3H3,(H,31,33)(H,32,36)/t16-,17-. The second-order valence-electron chi connectivity index (χ2n) is 10.4. The Morgan fingerprint density at radius 2 is 1.97 bits per heavy atom. The lowest BCUT2D eigenvalue weighted by Gasteiger charge is -2.43. The number of rotatable bonds is 9. The van der Waals surface area contributed by atoms with Crippen molar-refractivity contribution in [3.63, 3.8) is 0 Å². The van der Waals surface area contributed by atoms with Crippen LogP contribution in [0.15, 0.2) is 12.3 Å². The zero-order valence-corrected chi connectivity index (χ0v) is 22.3. The molecule has 11 heteroatoms. The van der Waals surface area contributed by atoms with Crippen LogP contribution in [0.5, 0.6) is 5.75 Å². The number of methoxy groups -OCH3 is 1. The average molecular weight is 542 g/mol. The van der Waals surface area contributed by atoms with E-state index in [2.05, 4.69) is 27.6 Å². The third kappa shape index (κ3) is 5.68. The number of nitrogens with zero attached hydrogens (tertiary/aromatic N) is 3. The van der Waals surface area contributed by atoms with Crippen molar-refractivity contribution in [2.75, 3.05) is 25.5 Å². The van der Waals surface area contributed by atoms with Crippen LogP contribution in [0.4, 0.5) is 19.0 Å². The van der Waals surface area contributed by atoms with Crippen molar-refractivity contribution in [3.8, 4) is 17.0 Å². The summed E-state index contributed by atoms with van der Waals surface area (Å²) in [6, 6.07) is 1.55. The lowest BCUT2D eigenvalue weighted by molar-refractivity contribution is -0.244. The Morgan fingerprint density at radius 1 is 1.27 bits per heavy atom. The number of alkyl halides is 3. The molecule has 0 unspecified atom stereocenters. The van der Waals surface area contributed by atoms with E-state index in [1.165, 1.54) is 26.1 Å². The highest BCUT2D eigenvalue weighted by atomic mass is 35.5. The molecule has 4 rings (SSSR count). The fraction of sp³-hybridized carbons (Fsp3) is 0.654. The van der Waals surface area contributed by atoms with Crippen LogP contribution in [0.2, 0.25) is 5.02 Å². The van der Waals surface area contributed by atoms with Crippen LogP contribution in [-0.2, 0) is 6.54 Å². The van der Waals surface area contributed by atoms with Crippen molar-refractivity contribution in [1.29, 1.82) is 0 Å². The molecule has 0 bridgehead atoms. The van der Waals surface area contributed by atoms with Gasteiger partial charge in [-0.05, 0) is 44.4 Å². The van der Waals surface area contributed by atoms with Gasteiger partial charge in [0.25, 0.3) is 5.91 Å². The normalized spacial score (nSPS) is 21.3. The summed E-state index contributed by atoms with van der Waals surface area (Å²) >= 11 is 6.68. The zero-order valence-electron chi connectivity index (χ0n) is 21.6. The third-order valence-electron chi connectivity index (χ3n) is 7.96. The number of ether oxygens (including phenoxy) is 1. The van der Waals surface area contributed by atoms with Gasteiger partial charge in [-0.3, -0.25) is 9.48 Å². The number of aryl methyl sites for hydroxylation is 1. The smallest absolute Gasteiger partial charge is 0.396 e. The van der Waals surface area contributed by atoms with E-state index in [0.717, 1.165) is 18.8 Å². The maximum atomic E-state index is 13.5. The van der Waals surface area contributed by atoms with Crippen LogP contribution in [0.25, 0.3) is 11.3 Å².